The highest BCUT2D eigenvalue weighted by atomic mass is 16.5. The van der Waals surface area contributed by atoms with Crippen molar-refractivity contribution in [3.8, 4) is 0 Å². The summed E-state index contributed by atoms with van der Waals surface area (Å²) in [6.07, 6.45) is 0. The molecule has 1 rings (SSSR count). The Morgan fingerprint density at radius 1 is 1.07 bits per heavy atom. The SMILES string of the molecule is CC(C)N(CCNC(=NCC(=O)N(C)C)NCCN1CCOCC1)C(C)C. The first-order chi connectivity index (χ1) is 12.8. The molecule has 158 valence electrons. The van der Waals surface area contributed by atoms with E-state index >= 15 is 0 Å². The molecular weight excluding hydrogens is 344 g/mol. The minimum Gasteiger partial charge on any atom is -0.379 e. The average Bonchev–Trinajstić information content (AvgIpc) is 2.62. The van der Waals surface area contributed by atoms with Crippen LogP contribution < -0.4 is 10.6 Å². The van der Waals surface area contributed by atoms with Gasteiger partial charge in [-0.15, -0.1) is 0 Å². The van der Waals surface area contributed by atoms with Crippen LogP contribution in [-0.2, 0) is 9.53 Å². The van der Waals surface area contributed by atoms with Gasteiger partial charge in [-0.1, -0.05) is 0 Å². The van der Waals surface area contributed by atoms with Gasteiger partial charge in [-0.05, 0) is 27.7 Å². The normalized spacial score (nSPS) is 16.3. The van der Waals surface area contributed by atoms with E-state index < -0.39 is 0 Å². The van der Waals surface area contributed by atoms with Crippen LogP contribution in [0, 0.1) is 0 Å². The van der Waals surface area contributed by atoms with E-state index in [2.05, 4.69) is 53.1 Å². The molecule has 1 heterocycles. The lowest BCUT2D eigenvalue weighted by Crippen LogP contribution is -2.47. The Balaban J connectivity index is 2.50. The Bertz CT molecular complexity index is 439. The summed E-state index contributed by atoms with van der Waals surface area (Å²) in [5, 5.41) is 6.74. The predicted octanol–water partition coefficient (Wildman–Crippen LogP) is 0.0608. The lowest BCUT2D eigenvalue weighted by molar-refractivity contribution is -0.127. The number of hydrogen-bond donors (Lipinski definition) is 2. The molecule has 1 saturated heterocycles. The number of nitrogens with one attached hydrogen (secondary N) is 2. The monoisotopic (exact) mass is 384 g/mol. The molecule has 1 aliphatic rings. The number of carbonyl (C=O) groups excluding carboxylic acids is 1. The highest BCUT2D eigenvalue weighted by Gasteiger charge is 2.13. The summed E-state index contributed by atoms with van der Waals surface area (Å²) in [5.41, 5.74) is 0. The molecule has 1 fully saturated rings. The van der Waals surface area contributed by atoms with Gasteiger partial charge < -0.3 is 20.3 Å². The third kappa shape index (κ3) is 9.93. The van der Waals surface area contributed by atoms with Crippen LogP contribution in [0.15, 0.2) is 4.99 Å². The number of guanidine groups is 1. The maximum atomic E-state index is 11.9. The molecule has 0 aromatic rings. The molecule has 0 bridgehead atoms. The second-order valence-electron chi connectivity index (χ2n) is 7.69. The van der Waals surface area contributed by atoms with Gasteiger partial charge in [-0.2, -0.15) is 0 Å². The Kier molecular flexibility index (Phi) is 11.3. The van der Waals surface area contributed by atoms with Gasteiger partial charge in [0.1, 0.15) is 6.54 Å². The molecular formula is C19H40N6O2. The summed E-state index contributed by atoms with van der Waals surface area (Å²) >= 11 is 0. The first-order valence-electron chi connectivity index (χ1n) is 10.1. The van der Waals surface area contributed by atoms with Crippen LogP contribution >= 0.6 is 0 Å². The van der Waals surface area contributed by atoms with Crippen LogP contribution in [0.3, 0.4) is 0 Å². The molecule has 8 heteroatoms. The van der Waals surface area contributed by atoms with Gasteiger partial charge in [-0.25, -0.2) is 4.99 Å². The predicted molar refractivity (Wildman–Crippen MR) is 111 cm³/mol. The Labute approximate surface area is 165 Å². The van der Waals surface area contributed by atoms with E-state index in [0.717, 1.165) is 52.5 Å². The first kappa shape index (κ1) is 23.7. The number of hydrogen-bond acceptors (Lipinski definition) is 5. The molecule has 1 aliphatic heterocycles. The van der Waals surface area contributed by atoms with E-state index in [4.69, 9.17) is 4.74 Å². The maximum absolute atomic E-state index is 11.9. The number of rotatable bonds is 10. The lowest BCUT2D eigenvalue weighted by atomic mass is 10.2. The molecule has 0 radical (unpaired) electrons. The van der Waals surface area contributed by atoms with Crippen molar-refractivity contribution in [1.29, 1.82) is 0 Å². The second kappa shape index (κ2) is 12.9. The van der Waals surface area contributed by atoms with E-state index in [1.54, 1.807) is 19.0 Å². The number of ether oxygens (including phenoxy) is 1. The third-order valence-electron chi connectivity index (χ3n) is 4.68. The second-order valence-corrected chi connectivity index (χ2v) is 7.69. The van der Waals surface area contributed by atoms with Crippen molar-refractivity contribution >= 4 is 11.9 Å². The molecule has 0 spiro atoms. The standard InChI is InChI=1S/C19H40N6O2/c1-16(2)25(17(3)4)10-8-21-19(22-15-18(26)23(5)6)20-7-9-24-11-13-27-14-12-24/h16-17H,7-15H2,1-6H3,(H2,20,21,22). The summed E-state index contributed by atoms with van der Waals surface area (Å²) in [5.74, 6) is 0.696. The van der Waals surface area contributed by atoms with Crippen LogP contribution in [0.1, 0.15) is 27.7 Å². The van der Waals surface area contributed by atoms with Gasteiger partial charge >= 0.3 is 0 Å². The van der Waals surface area contributed by atoms with Crippen molar-refractivity contribution < 1.29 is 9.53 Å². The molecule has 0 aliphatic carbocycles. The van der Waals surface area contributed by atoms with Crippen molar-refractivity contribution in [3.05, 3.63) is 0 Å². The van der Waals surface area contributed by atoms with Crippen LogP contribution in [0.5, 0.6) is 0 Å². The van der Waals surface area contributed by atoms with Crippen molar-refractivity contribution in [2.75, 3.05) is 73.1 Å². The number of morpholine rings is 1. The number of carbonyl (C=O) groups is 1. The highest BCUT2D eigenvalue weighted by Crippen LogP contribution is 2.03. The van der Waals surface area contributed by atoms with Crippen LogP contribution in [0.2, 0.25) is 0 Å². The fraction of sp³-hybridized carbons (Fsp3) is 0.895. The van der Waals surface area contributed by atoms with E-state index in [0.29, 0.717) is 18.0 Å². The number of amides is 1. The van der Waals surface area contributed by atoms with Crippen LogP contribution in [0.25, 0.3) is 0 Å². The third-order valence-corrected chi connectivity index (χ3v) is 4.68. The van der Waals surface area contributed by atoms with Crippen molar-refractivity contribution in [1.82, 2.24) is 25.3 Å². The van der Waals surface area contributed by atoms with Gasteiger partial charge in [0.25, 0.3) is 0 Å². The lowest BCUT2D eigenvalue weighted by Gasteiger charge is -2.30. The van der Waals surface area contributed by atoms with Gasteiger partial charge in [0.2, 0.25) is 5.91 Å². The quantitative estimate of drug-likeness (QED) is 0.410. The van der Waals surface area contributed by atoms with Gasteiger partial charge in [0, 0.05) is 65.4 Å². The van der Waals surface area contributed by atoms with E-state index in [-0.39, 0.29) is 12.5 Å². The molecule has 8 nitrogen and oxygen atoms in total. The van der Waals surface area contributed by atoms with Crippen molar-refractivity contribution in [3.63, 3.8) is 0 Å². The zero-order valence-electron chi connectivity index (χ0n) is 18.1. The Morgan fingerprint density at radius 2 is 1.67 bits per heavy atom. The molecule has 2 N–H and O–H groups in total. The zero-order valence-corrected chi connectivity index (χ0v) is 18.1. The number of nitrogens with zero attached hydrogens (tertiary/aromatic N) is 4. The first-order valence-corrected chi connectivity index (χ1v) is 10.1. The summed E-state index contributed by atoms with van der Waals surface area (Å²) in [6, 6.07) is 0.994. The fourth-order valence-electron chi connectivity index (χ4n) is 3.04. The maximum Gasteiger partial charge on any atom is 0.243 e. The minimum absolute atomic E-state index is 0.00438. The van der Waals surface area contributed by atoms with E-state index in [1.165, 1.54) is 0 Å². The Hall–Kier alpha value is -1.38. The van der Waals surface area contributed by atoms with Crippen molar-refractivity contribution in [2.24, 2.45) is 4.99 Å². The van der Waals surface area contributed by atoms with E-state index in [1.807, 2.05) is 0 Å². The molecule has 0 saturated carbocycles. The molecule has 0 atom stereocenters. The van der Waals surface area contributed by atoms with Crippen molar-refractivity contribution in [2.45, 2.75) is 39.8 Å². The number of likely N-dealkylation sites (N-methyl/N-ethyl adjacent to an activating group) is 1. The average molecular weight is 385 g/mol. The molecule has 1 amide bonds. The van der Waals surface area contributed by atoms with Crippen LogP contribution in [-0.4, -0.2) is 112 Å². The van der Waals surface area contributed by atoms with Gasteiger partial charge in [0.05, 0.1) is 13.2 Å². The zero-order chi connectivity index (χ0) is 20.2. The largest absolute Gasteiger partial charge is 0.379 e. The van der Waals surface area contributed by atoms with Gasteiger partial charge in [0.15, 0.2) is 5.96 Å². The summed E-state index contributed by atoms with van der Waals surface area (Å²) in [4.78, 5) is 22.7. The summed E-state index contributed by atoms with van der Waals surface area (Å²) < 4.78 is 5.38. The Morgan fingerprint density at radius 3 is 2.22 bits per heavy atom. The number of aliphatic imine (C=N–C) groups is 1. The molecule has 0 unspecified atom stereocenters. The van der Waals surface area contributed by atoms with Gasteiger partial charge in [-0.3, -0.25) is 14.6 Å². The molecule has 27 heavy (non-hydrogen) atoms. The smallest absolute Gasteiger partial charge is 0.243 e. The summed E-state index contributed by atoms with van der Waals surface area (Å²) in [7, 11) is 3.50. The fourth-order valence-corrected chi connectivity index (χ4v) is 3.04. The molecule has 0 aromatic heterocycles. The minimum atomic E-state index is -0.00438. The highest BCUT2D eigenvalue weighted by molar-refractivity contribution is 5.84. The van der Waals surface area contributed by atoms with E-state index in [9.17, 15) is 4.79 Å². The molecule has 0 aromatic carbocycles. The van der Waals surface area contributed by atoms with Crippen LogP contribution in [0.4, 0.5) is 0 Å². The topological polar surface area (TPSA) is 72.4 Å². The summed E-state index contributed by atoms with van der Waals surface area (Å²) in [6.45, 7) is 16.0.